The Kier molecular flexibility index (Phi) is 7.80. The number of hydrogen-bond donors (Lipinski definition) is 3. The molecule has 2 atom stereocenters. The molecule has 3 rings (SSSR count). The van der Waals surface area contributed by atoms with Gasteiger partial charge >= 0.3 is 6.09 Å². The molecule has 33 heavy (non-hydrogen) atoms. The van der Waals surface area contributed by atoms with Gasteiger partial charge in [0.15, 0.2) is 5.58 Å². The van der Waals surface area contributed by atoms with Crippen LogP contribution < -0.4 is 10.6 Å². The number of aromatic nitrogens is 1. The summed E-state index contributed by atoms with van der Waals surface area (Å²) in [7, 11) is 0. The third-order valence-electron chi connectivity index (χ3n) is 4.60. The van der Waals surface area contributed by atoms with Crippen molar-refractivity contribution in [2.24, 2.45) is 5.16 Å². The van der Waals surface area contributed by atoms with Crippen molar-refractivity contribution >= 4 is 52.0 Å². The lowest BCUT2D eigenvalue weighted by molar-refractivity contribution is 0.0476. The highest BCUT2D eigenvalue weighted by atomic mass is 35.5. The Morgan fingerprint density at radius 2 is 2.24 bits per heavy atom. The predicted molar refractivity (Wildman–Crippen MR) is 127 cm³/mol. The predicted octanol–water partition coefficient (Wildman–Crippen LogP) is 5.76. The standard InChI is InChI=1S/C22H26ClFN4O4S/c1-12(24)15(27-21(29)32-22(2,3)4)8-17-14(11-26-30)19-20(31-17)16(9-18(23)28-19)25-10-13-6-5-7-33-13/h5-7,9,11-12,15,30H,8,10H2,1-4H3,(H,25,28)(H,27,29)/b26-11-. The van der Waals surface area contributed by atoms with Gasteiger partial charge < -0.3 is 25.0 Å². The van der Waals surface area contributed by atoms with Crippen LogP contribution in [0.3, 0.4) is 0 Å². The van der Waals surface area contributed by atoms with Gasteiger partial charge in [0, 0.05) is 23.9 Å². The average Bonchev–Trinajstić information content (AvgIpc) is 3.33. The third kappa shape index (κ3) is 6.58. The van der Waals surface area contributed by atoms with E-state index in [1.165, 1.54) is 6.92 Å². The summed E-state index contributed by atoms with van der Waals surface area (Å²) in [5.41, 5.74) is 0.925. The number of fused-ring (bicyclic) bond motifs is 1. The van der Waals surface area contributed by atoms with Gasteiger partial charge in [0.2, 0.25) is 0 Å². The molecule has 0 saturated heterocycles. The SMILES string of the molecule is CC(F)C(Cc1oc2c(NCc3cccs3)cc(Cl)nc2c1/C=N\O)NC(=O)OC(C)(C)C. The van der Waals surface area contributed by atoms with E-state index in [1.807, 2.05) is 17.5 Å². The molecule has 3 aromatic heterocycles. The highest BCUT2D eigenvalue weighted by Crippen LogP contribution is 2.33. The summed E-state index contributed by atoms with van der Waals surface area (Å²) in [6.45, 7) is 7.02. The van der Waals surface area contributed by atoms with E-state index < -0.39 is 23.9 Å². The minimum Gasteiger partial charge on any atom is -0.456 e. The van der Waals surface area contributed by atoms with Gasteiger partial charge in [0.05, 0.1) is 23.5 Å². The van der Waals surface area contributed by atoms with E-state index in [0.717, 1.165) is 11.1 Å². The zero-order valence-corrected chi connectivity index (χ0v) is 20.3. The zero-order valence-electron chi connectivity index (χ0n) is 18.7. The van der Waals surface area contributed by atoms with Gasteiger partial charge in [-0.25, -0.2) is 14.2 Å². The van der Waals surface area contributed by atoms with E-state index in [0.29, 0.717) is 28.9 Å². The number of furan rings is 1. The maximum atomic E-state index is 14.4. The average molecular weight is 497 g/mol. The van der Waals surface area contributed by atoms with Crippen LogP contribution in [0.2, 0.25) is 5.15 Å². The maximum absolute atomic E-state index is 14.4. The summed E-state index contributed by atoms with van der Waals surface area (Å²) in [6, 6.07) is 4.61. The molecule has 0 radical (unpaired) electrons. The van der Waals surface area contributed by atoms with E-state index >= 15 is 0 Å². The second-order valence-corrected chi connectivity index (χ2v) is 9.84. The first kappa shape index (κ1) is 24.8. The summed E-state index contributed by atoms with van der Waals surface area (Å²) in [6.07, 6.45) is -1.04. The largest absolute Gasteiger partial charge is 0.456 e. The molecule has 0 fully saturated rings. The molecule has 3 N–H and O–H groups in total. The van der Waals surface area contributed by atoms with Gasteiger partial charge in [0.1, 0.15) is 28.2 Å². The minimum atomic E-state index is -1.42. The summed E-state index contributed by atoms with van der Waals surface area (Å²) >= 11 is 7.82. The Labute approximate surface area is 199 Å². The van der Waals surface area contributed by atoms with Crippen molar-refractivity contribution in [3.63, 3.8) is 0 Å². The molecule has 0 bridgehead atoms. The van der Waals surface area contributed by atoms with Gasteiger partial charge in [-0.2, -0.15) is 0 Å². The first-order valence-corrected chi connectivity index (χ1v) is 11.5. The molecule has 0 aromatic carbocycles. The number of nitrogens with one attached hydrogen (secondary N) is 2. The molecule has 0 aliphatic rings. The number of rotatable bonds is 8. The topological polar surface area (TPSA) is 109 Å². The molecule has 178 valence electrons. The Bertz CT molecular complexity index is 1130. The molecule has 11 heteroatoms. The molecule has 0 spiro atoms. The van der Waals surface area contributed by atoms with Crippen molar-refractivity contribution in [3.8, 4) is 0 Å². The second-order valence-electron chi connectivity index (χ2n) is 8.42. The van der Waals surface area contributed by atoms with E-state index in [9.17, 15) is 14.4 Å². The van der Waals surface area contributed by atoms with Crippen LogP contribution in [-0.2, 0) is 17.7 Å². The Hall–Kier alpha value is -2.85. The van der Waals surface area contributed by atoms with Crippen molar-refractivity contribution in [2.45, 2.75) is 58.5 Å². The fourth-order valence-electron chi connectivity index (χ4n) is 3.15. The van der Waals surface area contributed by atoms with E-state index in [1.54, 1.807) is 38.2 Å². The third-order valence-corrected chi connectivity index (χ3v) is 5.67. The molecular formula is C22H26ClFN4O4S. The van der Waals surface area contributed by atoms with Gasteiger partial charge in [0.25, 0.3) is 0 Å². The quantitative estimate of drug-likeness (QED) is 0.158. The van der Waals surface area contributed by atoms with Gasteiger partial charge in [-0.3, -0.25) is 0 Å². The number of alkyl carbamates (subject to hydrolysis) is 1. The van der Waals surface area contributed by atoms with Crippen molar-refractivity contribution in [1.29, 1.82) is 0 Å². The Morgan fingerprint density at radius 3 is 2.85 bits per heavy atom. The van der Waals surface area contributed by atoms with E-state index in [-0.39, 0.29) is 17.3 Å². The van der Waals surface area contributed by atoms with Crippen LogP contribution in [0.5, 0.6) is 0 Å². The molecular weight excluding hydrogens is 471 g/mol. The highest BCUT2D eigenvalue weighted by Gasteiger charge is 2.27. The smallest absolute Gasteiger partial charge is 0.407 e. The van der Waals surface area contributed by atoms with Crippen LogP contribution >= 0.6 is 22.9 Å². The first-order valence-electron chi connectivity index (χ1n) is 10.3. The number of pyridine rings is 1. The van der Waals surface area contributed by atoms with Crippen LogP contribution in [0, 0.1) is 0 Å². The summed E-state index contributed by atoms with van der Waals surface area (Å²) in [5.74, 6) is 0.280. The Morgan fingerprint density at radius 1 is 1.48 bits per heavy atom. The molecule has 2 unspecified atom stereocenters. The number of amides is 1. The molecule has 1 amide bonds. The number of hydrogen-bond acceptors (Lipinski definition) is 8. The molecule has 0 aliphatic heterocycles. The molecule has 0 saturated carbocycles. The zero-order chi connectivity index (χ0) is 24.2. The number of halogens is 2. The number of alkyl halides is 1. The van der Waals surface area contributed by atoms with Crippen molar-refractivity contribution < 1.29 is 23.5 Å². The van der Waals surface area contributed by atoms with Gasteiger partial charge in [-0.05, 0) is 39.1 Å². The number of anilines is 1. The fraction of sp³-hybridized carbons (Fsp3) is 0.409. The second kappa shape index (κ2) is 10.4. The van der Waals surface area contributed by atoms with Crippen molar-refractivity contribution in [3.05, 3.63) is 44.9 Å². The van der Waals surface area contributed by atoms with Crippen LogP contribution in [0.4, 0.5) is 14.9 Å². The molecule has 3 aromatic rings. The lowest BCUT2D eigenvalue weighted by atomic mass is 10.1. The fourth-order valence-corrected chi connectivity index (χ4v) is 3.99. The van der Waals surface area contributed by atoms with Crippen LogP contribution in [0.25, 0.3) is 11.1 Å². The Balaban J connectivity index is 1.94. The lowest BCUT2D eigenvalue weighted by Crippen LogP contribution is -2.44. The first-order chi connectivity index (χ1) is 15.6. The van der Waals surface area contributed by atoms with Crippen LogP contribution in [0.15, 0.2) is 33.2 Å². The summed E-state index contributed by atoms with van der Waals surface area (Å²) < 4.78 is 25.7. The number of carbonyl (C=O) groups excluding carboxylic acids is 1. The van der Waals surface area contributed by atoms with Crippen LogP contribution in [-0.4, -0.2) is 40.3 Å². The lowest BCUT2D eigenvalue weighted by Gasteiger charge is -2.24. The number of oxime groups is 1. The van der Waals surface area contributed by atoms with Gasteiger partial charge in [-0.15, -0.1) is 11.3 Å². The number of nitrogens with zero attached hydrogens (tertiary/aromatic N) is 2. The molecule has 3 heterocycles. The van der Waals surface area contributed by atoms with Crippen molar-refractivity contribution in [2.75, 3.05) is 5.32 Å². The normalized spacial score (nSPS) is 13.9. The summed E-state index contributed by atoms with van der Waals surface area (Å²) in [4.78, 5) is 17.6. The summed E-state index contributed by atoms with van der Waals surface area (Å²) in [5, 5.41) is 20.3. The van der Waals surface area contributed by atoms with Crippen LogP contribution in [0.1, 0.15) is 43.9 Å². The van der Waals surface area contributed by atoms with Gasteiger partial charge in [-0.1, -0.05) is 22.8 Å². The number of ether oxygens (including phenoxy) is 1. The monoisotopic (exact) mass is 496 g/mol. The van der Waals surface area contributed by atoms with E-state index in [2.05, 4.69) is 20.8 Å². The van der Waals surface area contributed by atoms with E-state index in [4.69, 9.17) is 20.8 Å². The highest BCUT2D eigenvalue weighted by molar-refractivity contribution is 7.09. The number of carbonyl (C=O) groups is 1. The maximum Gasteiger partial charge on any atom is 0.407 e. The molecule has 8 nitrogen and oxygen atoms in total. The molecule has 0 aliphatic carbocycles. The minimum absolute atomic E-state index is 0.0311. The number of thiophene rings is 1. The van der Waals surface area contributed by atoms with Crippen molar-refractivity contribution in [1.82, 2.24) is 10.3 Å².